The SMILES string of the molecule is O=C(Nc1ncc(Br)s1)c1cccn1C1CCC1. The van der Waals surface area contributed by atoms with Gasteiger partial charge in [0.2, 0.25) is 0 Å². The third-order valence-electron chi connectivity index (χ3n) is 3.18. The van der Waals surface area contributed by atoms with E-state index in [9.17, 15) is 4.79 Å². The Balaban J connectivity index is 1.77. The molecule has 4 nitrogen and oxygen atoms in total. The summed E-state index contributed by atoms with van der Waals surface area (Å²) in [7, 11) is 0. The molecule has 1 saturated carbocycles. The molecule has 0 unspecified atom stereocenters. The van der Waals surface area contributed by atoms with Crippen LogP contribution in [0, 0.1) is 0 Å². The van der Waals surface area contributed by atoms with E-state index in [0.717, 1.165) is 16.6 Å². The van der Waals surface area contributed by atoms with E-state index in [1.807, 2.05) is 18.3 Å². The zero-order chi connectivity index (χ0) is 12.5. The van der Waals surface area contributed by atoms with Crippen molar-refractivity contribution in [2.45, 2.75) is 25.3 Å². The van der Waals surface area contributed by atoms with Gasteiger partial charge in [-0.1, -0.05) is 11.3 Å². The molecule has 2 heterocycles. The molecule has 1 amide bonds. The van der Waals surface area contributed by atoms with Crippen molar-refractivity contribution in [3.8, 4) is 0 Å². The largest absolute Gasteiger partial charge is 0.340 e. The average molecular weight is 326 g/mol. The molecule has 0 bridgehead atoms. The molecule has 3 rings (SSSR count). The van der Waals surface area contributed by atoms with Crippen LogP contribution in [0.2, 0.25) is 0 Å². The molecule has 1 fully saturated rings. The minimum absolute atomic E-state index is 0.0891. The van der Waals surface area contributed by atoms with Crippen molar-refractivity contribution >= 4 is 38.3 Å². The molecule has 0 spiro atoms. The molecule has 1 aliphatic rings. The van der Waals surface area contributed by atoms with Crippen LogP contribution in [0.5, 0.6) is 0 Å². The number of hydrogen-bond donors (Lipinski definition) is 1. The molecular formula is C12H12BrN3OS. The van der Waals surface area contributed by atoms with Gasteiger partial charge in [0.25, 0.3) is 5.91 Å². The number of anilines is 1. The molecule has 94 valence electrons. The van der Waals surface area contributed by atoms with Gasteiger partial charge < -0.3 is 4.57 Å². The molecule has 2 aromatic rings. The predicted octanol–water partition coefficient (Wildman–Crippen LogP) is 3.68. The summed E-state index contributed by atoms with van der Waals surface area (Å²) in [5, 5.41) is 3.44. The standard InChI is InChI=1S/C12H12BrN3OS/c13-10-7-14-12(18-10)15-11(17)9-5-2-6-16(9)8-3-1-4-8/h2,5-8H,1,3-4H2,(H,14,15,17). The Hall–Kier alpha value is -1.14. The van der Waals surface area contributed by atoms with Gasteiger partial charge in [0.05, 0.1) is 9.98 Å². The summed E-state index contributed by atoms with van der Waals surface area (Å²) in [5.41, 5.74) is 0.714. The summed E-state index contributed by atoms with van der Waals surface area (Å²) in [5.74, 6) is -0.0891. The van der Waals surface area contributed by atoms with Gasteiger partial charge in [-0.15, -0.1) is 0 Å². The lowest BCUT2D eigenvalue weighted by atomic mass is 9.93. The average Bonchev–Trinajstić information content (AvgIpc) is 2.85. The minimum atomic E-state index is -0.0891. The highest BCUT2D eigenvalue weighted by atomic mass is 79.9. The number of carbonyl (C=O) groups excluding carboxylic acids is 1. The lowest BCUT2D eigenvalue weighted by Crippen LogP contribution is -2.23. The number of carbonyl (C=O) groups is 1. The Kier molecular flexibility index (Phi) is 3.22. The number of aromatic nitrogens is 2. The van der Waals surface area contributed by atoms with Gasteiger partial charge in [-0.3, -0.25) is 10.1 Å². The first-order valence-corrected chi connectivity index (χ1v) is 7.44. The lowest BCUT2D eigenvalue weighted by molar-refractivity contribution is 0.101. The number of hydrogen-bond acceptors (Lipinski definition) is 3. The first kappa shape index (κ1) is 11.9. The molecular weight excluding hydrogens is 314 g/mol. The van der Waals surface area contributed by atoms with Gasteiger partial charge in [0, 0.05) is 12.2 Å². The van der Waals surface area contributed by atoms with Crippen molar-refractivity contribution in [2.75, 3.05) is 5.32 Å². The fraction of sp³-hybridized carbons (Fsp3) is 0.333. The van der Waals surface area contributed by atoms with E-state index in [-0.39, 0.29) is 5.91 Å². The maximum absolute atomic E-state index is 12.2. The summed E-state index contributed by atoms with van der Waals surface area (Å²) >= 11 is 4.74. The molecule has 6 heteroatoms. The van der Waals surface area contributed by atoms with Crippen LogP contribution in [0.15, 0.2) is 28.3 Å². The van der Waals surface area contributed by atoms with Crippen molar-refractivity contribution in [1.29, 1.82) is 0 Å². The zero-order valence-electron chi connectivity index (χ0n) is 9.60. The van der Waals surface area contributed by atoms with Crippen LogP contribution in [0.3, 0.4) is 0 Å². The number of rotatable bonds is 3. The second-order valence-electron chi connectivity index (χ2n) is 4.31. The number of amides is 1. The van der Waals surface area contributed by atoms with E-state index in [0.29, 0.717) is 16.9 Å². The summed E-state index contributed by atoms with van der Waals surface area (Å²) in [6, 6.07) is 4.27. The first-order chi connectivity index (χ1) is 8.74. The molecule has 0 aliphatic heterocycles. The molecule has 2 aromatic heterocycles. The van der Waals surface area contributed by atoms with E-state index in [2.05, 4.69) is 30.8 Å². The molecule has 0 atom stereocenters. The summed E-state index contributed by atoms with van der Waals surface area (Å²) in [4.78, 5) is 16.3. The van der Waals surface area contributed by atoms with Crippen LogP contribution in [0.1, 0.15) is 35.8 Å². The highest BCUT2D eigenvalue weighted by molar-refractivity contribution is 9.11. The monoisotopic (exact) mass is 325 g/mol. The molecule has 0 saturated heterocycles. The molecule has 1 N–H and O–H groups in total. The first-order valence-electron chi connectivity index (χ1n) is 5.83. The Morgan fingerprint density at radius 3 is 3.00 bits per heavy atom. The van der Waals surface area contributed by atoms with Gasteiger partial charge in [-0.05, 0) is 47.3 Å². The van der Waals surface area contributed by atoms with Gasteiger partial charge in [-0.2, -0.15) is 0 Å². The van der Waals surface area contributed by atoms with Crippen LogP contribution >= 0.6 is 27.3 Å². The predicted molar refractivity (Wildman–Crippen MR) is 75.1 cm³/mol. The van der Waals surface area contributed by atoms with Crippen LogP contribution in [0.4, 0.5) is 5.13 Å². The summed E-state index contributed by atoms with van der Waals surface area (Å²) in [6.45, 7) is 0. The van der Waals surface area contributed by atoms with E-state index in [4.69, 9.17) is 0 Å². The Morgan fingerprint density at radius 1 is 1.56 bits per heavy atom. The molecule has 0 radical (unpaired) electrons. The quantitative estimate of drug-likeness (QED) is 0.935. The third kappa shape index (κ3) is 2.22. The highest BCUT2D eigenvalue weighted by Crippen LogP contribution is 2.33. The normalized spacial score (nSPS) is 15.4. The van der Waals surface area contributed by atoms with E-state index < -0.39 is 0 Å². The Labute approximate surface area is 117 Å². The van der Waals surface area contributed by atoms with Gasteiger partial charge in [-0.25, -0.2) is 4.98 Å². The van der Waals surface area contributed by atoms with Crippen LogP contribution in [0.25, 0.3) is 0 Å². The molecule has 0 aromatic carbocycles. The maximum Gasteiger partial charge on any atom is 0.274 e. The third-order valence-corrected chi connectivity index (χ3v) is 4.57. The minimum Gasteiger partial charge on any atom is -0.340 e. The second kappa shape index (κ2) is 4.85. The van der Waals surface area contributed by atoms with Crippen molar-refractivity contribution in [1.82, 2.24) is 9.55 Å². The van der Waals surface area contributed by atoms with E-state index >= 15 is 0 Å². The van der Waals surface area contributed by atoms with Crippen LogP contribution in [-0.4, -0.2) is 15.5 Å². The Bertz CT molecular complexity index is 573. The van der Waals surface area contributed by atoms with Crippen LogP contribution in [-0.2, 0) is 0 Å². The maximum atomic E-state index is 12.2. The smallest absolute Gasteiger partial charge is 0.274 e. The number of halogens is 1. The van der Waals surface area contributed by atoms with Gasteiger partial charge in [0.1, 0.15) is 5.69 Å². The number of nitrogens with zero attached hydrogens (tertiary/aromatic N) is 2. The summed E-state index contributed by atoms with van der Waals surface area (Å²) < 4.78 is 2.98. The highest BCUT2D eigenvalue weighted by Gasteiger charge is 2.23. The van der Waals surface area contributed by atoms with Crippen molar-refractivity contribution in [3.63, 3.8) is 0 Å². The number of nitrogens with one attached hydrogen (secondary N) is 1. The van der Waals surface area contributed by atoms with Crippen molar-refractivity contribution in [2.24, 2.45) is 0 Å². The van der Waals surface area contributed by atoms with Gasteiger partial charge in [0.15, 0.2) is 5.13 Å². The fourth-order valence-corrected chi connectivity index (χ4v) is 3.14. The van der Waals surface area contributed by atoms with Crippen LogP contribution < -0.4 is 5.32 Å². The topological polar surface area (TPSA) is 46.9 Å². The van der Waals surface area contributed by atoms with Crippen molar-refractivity contribution < 1.29 is 4.79 Å². The summed E-state index contributed by atoms with van der Waals surface area (Å²) in [6.07, 6.45) is 7.25. The number of thiazole rings is 1. The zero-order valence-corrected chi connectivity index (χ0v) is 12.0. The van der Waals surface area contributed by atoms with Crippen molar-refractivity contribution in [3.05, 3.63) is 34.0 Å². The van der Waals surface area contributed by atoms with E-state index in [1.165, 1.54) is 17.8 Å². The second-order valence-corrected chi connectivity index (χ2v) is 6.72. The Morgan fingerprint density at radius 2 is 2.39 bits per heavy atom. The van der Waals surface area contributed by atoms with Gasteiger partial charge >= 0.3 is 0 Å². The fourth-order valence-electron chi connectivity index (χ4n) is 2.04. The molecule has 18 heavy (non-hydrogen) atoms. The molecule has 1 aliphatic carbocycles. The lowest BCUT2D eigenvalue weighted by Gasteiger charge is -2.28. The van der Waals surface area contributed by atoms with E-state index in [1.54, 1.807) is 6.20 Å².